The van der Waals surface area contributed by atoms with Crippen LogP contribution >= 0.6 is 11.6 Å². The Morgan fingerprint density at radius 2 is 2.14 bits per heavy atom. The number of amides is 1. The van der Waals surface area contributed by atoms with Gasteiger partial charge >= 0.3 is 0 Å². The summed E-state index contributed by atoms with van der Waals surface area (Å²) in [5.41, 5.74) is 0. The van der Waals surface area contributed by atoms with Gasteiger partial charge < -0.3 is 5.32 Å². The van der Waals surface area contributed by atoms with Crippen LogP contribution in [0.4, 0.5) is 0 Å². The zero-order chi connectivity index (χ0) is 6.12. The van der Waals surface area contributed by atoms with E-state index in [4.69, 9.17) is 0 Å². The van der Waals surface area contributed by atoms with Crippen molar-refractivity contribution in [2.45, 2.75) is 0 Å². The van der Waals surface area contributed by atoms with Crippen molar-refractivity contribution >= 4 is 18.0 Å². The van der Waals surface area contributed by atoms with Crippen LogP contribution in [0.25, 0.3) is 0 Å². The summed E-state index contributed by atoms with van der Waals surface area (Å²) < 4.78 is 0. The highest BCUT2D eigenvalue weighted by Gasteiger charge is 1.50. The number of nitrogens with one attached hydrogen (secondary N) is 1. The van der Waals surface area contributed by atoms with E-state index in [1.165, 1.54) is 12.6 Å². The molecule has 0 saturated heterocycles. The van der Waals surface area contributed by atoms with Crippen LogP contribution in [0.15, 0.2) is 12.8 Å². The zero-order valence-corrected chi connectivity index (χ0v) is 4.90. The normalized spacial score (nSPS) is 4.86. The Bertz CT molecular complexity index is 41.0. The molecule has 0 rings (SSSR count). The second-order valence-electron chi connectivity index (χ2n) is 0.489. The molecule has 2 nitrogen and oxygen atoms in total. The van der Waals surface area contributed by atoms with E-state index in [0.717, 1.165) is 0 Å². The summed E-state index contributed by atoms with van der Waals surface area (Å²) >= 11 is 4.64. The molecular weight excluding hydrogens is 114 g/mol. The number of hydrogen-bond acceptors (Lipinski definition) is 1. The van der Waals surface area contributed by atoms with Gasteiger partial charge in [0.1, 0.15) is 0 Å². The van der Waals surface area contributed by atoms with Gasteiger partial charge in [0, 0.05) is 6.38 Å². The largest absolute Gasteiger partial charge is 0.336 e. The molecule has 0 heterocycles. The fourth-order valence-electron chi connectivity index (χ4n) is 0.0481. The summed E-state index contributed by atoms with van der Waals surface area (Å²) in [5, 5.41) is 2.19. The molecule has 42 valence electrons. The SMILES string of the molecule is C=CNC=O.CCl. The summed E-state index contributed by atoms with van der Waals surface area (Å²) in [4.78, 5) is 9.22. The van der Waals surface area contributed by atoms with Gasteiger partial charge in [-0.25, -0.2) is 0 Å². The monoisotopic (exact) mass is 121 g/mol. The van der Waals surface area contributed by atoms with Crippen molar-refractivity contribution in [2.24, 2.45) is 0 Å². The van der Waals surface area contributed by atoms with Crippen molar-refractivity contribution in [1.82, 2.24) is 5.32 Å². The van der Waals surface area contributed by atoms with Crippen molar-refractivity contribution in [3.63, 3.8) is 0 Å². The van der Waals surface area contributed by atoms with Crippen molar-refractivity contribution in [3.05, 3.63) is 12.8 Å². The van der Waals surface area contributed by atoms with Crippen LogP contribution in [0, 0.1) is 0 Å². The number of alkyl halides is 1. The number of hydrogen-bond donors (Lipinski definition) is 1. The highest BCUT2D eigenvalue weighted by Crippen LogP contribution is 1.35. The maximum atomic E-state index is 9.22. The summed E-state index contributed by atoms with van der Waals surface area (Å²) in [7, 11) is 0. The second-order valence-corrected chi connectivity index (χ2v) is 0.489. The fraction of sp³-hybridized carbons (Fsp3) is 0.250. The molecule has 0 aliphatic carbocycles. The van der Waals surface area contributed by atoms with Crippen LogP contribution in [-0.4, -0.2) is 12.8 Å². The molecule has 7 heavy (non-hydrogen) atoms. The summed E-state index contributed by atoms with van der Waals surface area (Å²) in [6.07, 6.45) is 3.35. The highest BCUT2D eigenvalue weighted by molar-refractivity contribution is 6.15. The molecule has 1 amide bonds. The zero-order valence-electron chi connectivity index (χ0n) is 4.15. The minimum atomic E-state index is 0.562. The first-order valence-corrected chi connectivity index (χ1v) is 2.36. The van der Waals surface area contributed by atoms with Crippen LogP contribution in [-0.2, 0) is 4.79 Å². The molecule has 0 aliphatic heterocycles. The molecule has 0 aliphatic rings. The van der Waals surface area contributed by atoms with E-state index in [1.807, 2.05) is 0 Å². The molecule has 0 spiro atoms. The van der Waals surface area contributed by atoms with Crippen molar-refractivity contribution in [1.29, 1.82) is 0 Å². The molecule has 0 saturated carbocycles. The molecule has 0 bridgehead atoms. The lowest BCUT2D eigenvalue weighted by Gasteiger charge is -1.70. The number of carbonyl (C=O) groups excluding carboxylic acids is 1. The first-order chi connectivity index (χ1) is 3.41. The first kappa shape index (κ1) is 9.71. The van der Waals surface area contributed by atoms with E-state index < -0.39 is 0 Å². The average molecular weight is 122 g/mol. The Morgan fingerprint density at radius 1 is 1.71 bits per heavy atom. The van der Waals surface area contributed by atoms with Crippen LogP contribution < -0.4 is 5.32 Å². The lowest BCUT2D eigenvalue weighted by Crippen LogP contribution is -1.96. The van der Waals surface area contributed by atoms with Gasteiger partial charge in [0.25, 0.3) is 0 Å². The topological polar surface area (TPSA) is 29.1 Å². The third-order valence-electron chi connectivity index (χ3n) is 0.186. The Labute approximate surface area is 48.2 Å². The fourth-order valence-corrected chi connectivity index (χ4v) is 0.0481. The molecule has 0 aromatic rings. The van der Waals surface area contributed by atoms with E-state index in [0.29, 0.717) is 6.41 Å². The molecule has 0 fully saturated rings. The lowest BCUT2D eigenvalue weighted by atomic mass is 11.0. The van der Waals surface area contributed by atoms with Crippen molar-refractivity contribution in [2.75, 3.05) is 6.38 Å². The van der Waals surface area contributed by atoms with Gasteiger partial charge in [0.2, 0.25) is 6.41 Å². The van der Waals surface area contributed by atoms with E-state index in [2.05, 4.69) is 23.5 Å². The van der Waals surface area contributed by atoms with Crippen LogP contribution in [0.3, 0.4) is 0 Å². The van der Waals surface area contributed by atoms with Crippen LogP contribution in [0.2, 0.25) is 0 Å². The number of carbonyl (C=O) groups is 1. The van der Waals surface area contributed by atoms with Gasteiger partial charge in [-0.3, -0.25) is 4.79 Å². The van der Waals surface area contributed by atoms with Crippen LogP contribution in [0.5, 0.6) is 0 Å². The Kier molecular flexibility index (Phi) is 24.7. The van der Waals surface area contributed by atoms with Crippen molar-refractivity contribution < 1.29 is 4.79 Å². The standard InChI is InChI=1S/C3H5NO.CH3Cl/c1-2-4-3-5;1-2/h2-3H,1H2,(H,4,5);1H3. The van der Waals surface area contributed by atoms with Crippen LogP contribution in [0.1, 0.15) is 0 Å². The number of rotatable bonds is 2. The molecule has 0 radical (unpaired) electrons. The molecule has 0 unspecified atom stereocenters. The van der Waals surface area contributed by atoms with Gasteiger partial charge in [-0.05, 0) is 6.20 Å². The van der Waals surface area contributed by atoms with Gasteiger partial charge in [-0.2, -0.15) is 0 Å². The van der Waals surface area contributed by atoms with Gasteiger partial charge in [-0.15, -0.1) is 11.6 Å². The minimum Gasteiger partial charge on any atom is -0.336 e. The second kappa shape index (κ2) is 17.8. The lowest BCUT2D eigenvalue weighted by molar-refractivity contribution is -0.108. The predicted octanol–water partition coefficient (Wildman–Crippen LogP) is 0.731. The Hall–Kier alpha value is -0.500. The maximum absolute atomic E-state index is 9.22. The third-order valence-corrected chi connectivity index (χ3v) is 0.186. The molecular formula is C4H8ClNO. The highest BCUT2D eigenvalue weighted by atomic mass is 35.5. The van der Waals surface area contributed by atoms with Gasteiger partial charge in [-0.1, -0.05) is 6.58 Å². The molecule has 0 aromatic carbocycles. The first-order valence-electron chi connectivity index (χ1n) is 1.60. The van der Waals surface area contributed by atoms with Crippen molar-refractivity contribution in [3.8, 4) is 0 Å². The minimum absolute atomic E-state index is 0.562. The van der Waals surface area contributed by atoms with E-state index >= 15 is 0 Å². The Morgan fingerprint density at radius 3 is 2.14 bits per heavy atom. The smallest absolute Gasteiger partial charge is 0.211 e. The van der Waals surface area contributed by atoms with E-state index in [9.17, 15) is 4.79 Å². The summed E-state index contributed by atoms with van der Waals surface area (Å²) in [5.74, 6) is 0. The van der Waals surface area contributed by atoms with E-state index in [-0.39, 0.29) is 0 Å². The summed E-state index contributed by atoms with van der Waals surface area (Å²) in [6, 6.07) is 0. The third kappa shape index (κ3) is 29.9. The molecule has 1 N–H and O–H groups in total. The molecule has 3 heteroatoms. The molecule has 0 aromatic heterocycles. The number of halogens is 1. The molecule has 0 atom stereocenters. The van der Waals surface area contributed by atoms with Gasteiger partial charge in [0.15, 0.2) is 0 Å². The van der Waals surface area contributed by atoms with Gasteiger partial charge in [0.05, 0.1) is 0 Å². The maximum Gasteiger partial charge on any atom is 0.211 e. The Balaban J connectivity index is 0. The predicted molar refractivity (Wildman–Crippen MR) is 31.2 cm³/mol. The summed E-state index contributed by atoms with van der Waals surface area (Å²) in [6.45, 7) is 3.21. The quantitative estimate of drug-likeness (QED) is 0.424. The average Bonchev–Trinajstić information content (AvgIpc) is 1.75. The van der Waals surface area contributed by atoms with E-state index in [1.54, 1.807) is 0 Å².